The van der Waals surface area contributed by atoms with Crippen LogP contribution in [0, 0.1) is 0 Å². The van der Waals surface area contributed by atoms with Crippen molar-refractivity contribution in [1.82, 2.24) is 5.32 Å². The van der Waals surface area contributed by atoms with Crippen LogP contribution in [0.25, 0.3) is 0 Å². The lowest BCUT2D eigenvalue weighted by Crippen LogP contribution is -2.24. The van der Waals surface area contributed by atoms with Gasteiger partial charge in [-0.1, -0.05) is 46.6 Å². The molecule has 0 saturated carbocycles. The van der Waals surface area contributed by atoms with Gasteiger partial charge in [-0.05, 0) is 54.9 Å². The molecule has 0 fully saturated rings. The fourth-order valence-electron chi connectivity index (χ4n) is 2.00. The largest absolute Gasteiger partial charge is 0.309 e. The summed E-state index contributed by atoms with van der Waals surface area (Å²) in [4.78, 5) is 1.29. The van der Waals surface area contributed by atoms with Crippen molar-refractivity contribution < 1.29 is 0 Å². The molecule has 4 heteroatoms. The predicted molar refractivity (Wildman–Crippen MR) is 97.4 cm³/mol. The van der Waals surface area contributed by atoms with E-state index in [1.54, 1.807) is 0 Å². The van der Waals surface area contributed by atoms with Crippen LogP contribution >= 0.6 is 39.3 Å². The highest BCUT2D eigenvalue weighted by molar-refractivity contribution is 9.10. The first kappa shape index (κ1) is 16.9. The quantitative estimate of drug-likeness (QED) is 0.593. The van der Waals surface area contributed by atoms with Crippen LogP contribution in [-0.4, -0.2) is 12.3 Å². The van der Waals surface area contributed by atoms with Crippen LogP contribution in [0.2, 0.25) is 5.02 Å². The molecule has 1 atom stereocenters. The summed E-state index contributed by atoms with van der Waals surface area (Å²) in [7, 11) is 0. The average molecular weight is 385 g/mol. The number of hydrogen-bond donors (Lipinski definition) is 1. The van der Waals surface area contributed by atoms with E-state index >= 15 is 0 Å². The third kappa shape index (κ3) is 5.67. The Hall–Kier alpha value is -0.480. The van der Waals surface area contributed by atoms with Gasteiger partial charge in [-0.2, -0.15) is 0 Å². The van der Waals surface area contributed by atoms with Crippen molar-refractivity contribution in [2.24, 2.45) is 0 Å². The third-order valence-corrected chi connectivity index (χ3v) is 5.03. The average Bonchev–Trinajstić information content (AvgIpc) is 2.50. The Balaban J connectivity index is 2.02. The Morgan fingerprint density at radius 3 is 2.38 bits per heavy atom. The number of thioether (sulfide) groups is 1. The molecular formula is C17H19BrClNS. The van der Waals surface area contributed by atoms with E-state index < -0.39 is 0 Å². The van der Waals surface area contributed by atoms with Crippen LogP contribution in [0.15, 0.2) is 57.9 Å². The zero-order valence-electron chi connectivity index (χ0n) is 12.0. The van der Waals surface area contributed by atoms with Gasteiger partial charge in [-0.25, -0.2) is 0 Å². The van der Waals surface area contributed by atoms with Crippen molar-refractivity contribution in [2.45, 2.75) is 24.3 Å². The lowest BCUT2D eigenvalue weighted by molar-refractivity contribution is 0.577. The Morgan fingerprint density at radius 2 is 1.76 bits per heavy atom. The van der Waals surface area contributed by atoms with Gasteiger partial charge >= 0.3 is 0 Å². The second-order valence-electron chi connectivity index (χ2n) is 4.82. The molecule has 0 spiro atoms. The molecule has 0 aliphatic rings. The monoisotopic (exact) mass is 383 g/mol. The van der Waals surface area contributed by atoms with Crippen LogP contribution < -0.4 is 5.32 Å². The summed E-state index contributed by atoms with van der Waals surface area (Å²) in [5.74, 6) is 1.00. The van der Waals surface area contributed by atoms with Gasteiger partial charge in [0.2, 0.25) is 0 Å². The summed E-state index contributed by atoms with van der Waals surface area (Å²) in [5, 5.41) is 4.40. The Kier molecular flexibility index (Phi) is 7.11. The van der Waals surface area contributed by atoms with Crippen LogP contribution in [0.1, 0.15) is 24.9 Å². The van der Waals surface area contributed by atoms with Gasteiger partial charge in [0.25, 0.3) is 0 Å². The van der Waals surface area contributed by atoms with Crippen LogP contribution in [0.4, 0.5) is 0 Å². The van der Waals surface area contributed by atoms with Crippen molar-refractivity contribution >= 4 is 39.3 Å². The summed E-state index contributed by atoms with van der Waals surface area (Å²) in [5.41, 5.74) is 1.29. The molecule has 0 aliphatic heterocycles. The summed E-state index contributed by atoms with van der Waals surface area (Å²) in [6.07, 6.45) is 1.13. The highest BCUT2D eigenvalue weighted by Crippen LogP contribution is 2.26. The topological polar surface area (TPSA) is 12.0 Å². The van der Waals surface area contributed by atoms with Crippen LogP contribution in [0.5, 0.6) is 0 Å². The molecule has 0 aliphatic carbocycles. The molecule has 0 radical (unpaired) electrons. The van der Waals surface area contributed by atoms with Gasteiger partial charge < -0.3 is 5.32 Å². The maximum Gasteiger partial charge on any atom is 0.0415 e. The third-order valence-electron chi connectivity index (χ3n) is 3.14. The summed E-state index contributed by atoms with van der Waals surface area (Å²) >= 11 is 11.3. The molecule has 1 nitrogen and oxygen atoms in total. The van der Waals surface area contributed by atoms with Crippen LogP contribution in [-0.2, 0) is 0 Å². The molecule has 0 heterocycles. The van der Waals surface area contributed by atoms with E-state index in [9.17, 15) is 0 Å². The number of benzene rings is 2. The van der Waals surface area contributed by atoms with Crippen LogP contribution in [0.3, 0.4) is 0 Å². The molecule has 2 rings (SSSR count). The molecular weight excluding hydrogens is 366 g/mol. The second-order valence-corrected chi connectivity index (χ2v) is 7.27. The van der Waals surface area contributed by atoms with Crippen molar-refractivity contribution in [3.8, 4) is 0 Å². The summed E-state index contributed by atoms with van der Waals surface area (Å²) < 4.78 is 1.12. The maximum absolute atomic E-state index is 5.98. The number of halogens is 2. The lowest BCUT2D eigenvalue weighted by atomic mass is 10.1. The second kappa shape index (κ2) is 8.84. The fourth-order valence-corrected chi connectivity index (χ4v) is 3.39. The SMILES string of the molecule is CCCNC(CSc1ccc(Br)cc1)c1ccc(Cl)cc1. The Labute approximate surface area is 144 Å². The van der Waals surface area contributed by atoms with E-state index in [-0.39, 0.29) is 0 Å². The summed E-state index contributed by atoms with van der Waals surface area (Å²) in [6, 6.07) is 16.9. The fraction of sp³-hybridized carbons (Fsp3) is 0.294. The molecule has 2 aromatic carbocycles. The van der Waals surface area contributed by atoms with Crippen molar-refractivity contribution in [2.75, 3.05) is 12.3 Å². The number of hydrogen-bond acceptors (Lipinski definition) is 2. The first-order chi connectivity index (χ1) is 10.2. The lowest BCUT2D eigenvalue weighted by Gasteiger charge is -2.19. The van der Waals surface area contributed by atoms with Crippen molar-refractivity contribution in [1.29, 1.82) is 0 Å². The van der Waals surface area contributed by atoms with E-state index in [4.69, 9.17) is 11.6 Å². The molecule has 2 aromatic rings. The minimum atomic E-state index is 0.343. The highest BCUT2D eigenvalue weighted by atomic mass is 79.9. The molecule has 0 saturated heterocycles. The molecule has 1 unspecified atom stereocenters. The van der Waals surface area contributed by atoms with Crippen molar-refractivity contribution in [3.63, 3.8) is 0 Å². The molecule has 0 aromatic heterocycles. The summed E-state index contributed by atoms with van der Waals surface area (Å²) in [6.45, 7) is 3.21. The van der Waals surface area contributed by atoms with Gasteiger partial charge in [-0.15, -0.1) is 11.8 Å². The van der Waals surface area contributed by atoms with Gasteiger partial charge in [0.1, 0.15) is 0 Å². The number of rotatable bonds is 7. The molecule has 0 amide bonds. The van der Waals surface area contributed by atoms with Crippen molar-refractivity contribution in [3.05, 3.63) is 63.6 Å². The Bertz CT molecular complexity index is 542. The van der Waals surface area contributed by atoms with Gasteiger partial charge in [-0.3, -0.25) is 0 Å². The molecule has 1 N–H and O–H groups in total. The minimum Gasteiger partial charge on any atom is -0.309 e. The zero-order chi connectivity index (χ0) is 15.1. The van der Waals surface area contributed by atoms with E-state index in [2.05, 4.69) is 64.6 Å². The van der Waals surface area contributed by atoms with Gasteiger partial charge in [0.15, 0.2) is 0 Å². The molecule has 112 valence electrons. The minimum absolute atomic E-state index is 0.343. The maximum atomic E-state index is 5.98. The van der Waals surface area contributed by atoms with E-state index in [0.717, 1.165) is 28.2 Å². The first-order valence-corrected chi connectivity index (χ1v) is 9.22. The van der Waals surface area contributed by atoms with E-state index in [0.29, 0.717) is 6.04 Å². The normalized spacial score (nSPS) is 12.3. The van der Waals surface area contributed by atoms with Gasteiger partial charge in [0.05, 0.1) is 0 Å². The van der Waals surface area contributed by atoms with E-state index in [1.165, 1.54) is 10.5 Å². The van der Waals surface area contributed by atoms with E-state index in [1.807, 2.05) is 23.9 Å². The molecule has 0 bridgehead atoms. The predicted octanol–water partition coefficient (Wildman–Crippen LogP) is 5.94. The number of nitrogens with one attached hydrogen (secondary N) is 1. The first-order valence-electron chi connectivity index (χ1n) is 7.06. The highest BCUT2D eigenvalue weighted by Gasteiger charge is 2.11. The molecule has 21 heavy (non-hydrogen) atoms. The Morgan fingerprint density at radius 1 is 1.10 bits per heavy atom. The smallest absolute Gasteiger partial charge is 0.0415 e. The van der Waals surface area contributed by atoms with Gasteiger partial charge in [0, 0.05) is 26.2 Å². The zero-order valence-corrected chi connectivity index (χ0v) is 15.1. The standard InChI is InChI=1S/C17H19BrClNS/c1-2-11-20-17(13-3-7-15(19)8-4-13)12-21-16-9-5-14(18)6-10-16/h3-10,17,20H,2,11-12H2,1H3.